The maximum atomic E-state index is 12.8. The molecule has 0 aliphatic carbocycles. The van der Waals surface area contributed by atoms with Crippen LogP contribution in [-0.4, -0.2) is 31.4 Å². The molecule has 0 aliphatic rings. The summed E-state index contributed by atoms with van der Waals surface area (Å²) in [6.07, 6.45) is 0. The Labute approximate surface area is 163 Å². The summed E-state index contributed by atoms with van der Waals surface area (Å²) in [5.74, 6) is -0.274. The standard InChI is InChI=1S/C20H24N6O2/c1-12(2)19(27)21-17-11-16(24-26(17)15-9-7-6-8-10-15)20(28)22-18-13(3)23-25(5)14(18)4/h6-12H,1-5H3,(H,21,27)(H,22,28). The molecular formula is C20H24N6O2. The highest BCUT2D eigenvalue weighted by Gasteiger charge is 2.20. The fourth-order valence-corrected chi connectivity index (χ4v) is 2.75. The van der Waals surface area contributed by atoms with Crippen LogP contribution < -0.4 is 10.6 Å². The van der Waals surface area contributed by atoms with Crippen molar-refractivity contribution in [2.24, 2.45) is 13.0 Å². The van der Waals surface area contributed by atoms with Gasteiger partial charge in [0.25, 0.3) is 5.91 Å². The predicted molar refractivity (Wildman–Crippen MR) is 108 cm³/mol. The number of carbonyl (C=O) groups is 2. The highest BCUT2D eigenvalue weighted by atomic mass is 16.2. The van der Waals surface area contributed by atoms with Crippen molar-refractivity contribution in [2.75, 3.05) is 10.6 Å². The molecule has 0 aliphatic heterocycles. The molecule has 0 spiro atoms. The molecule has 2 amide bonds. The van der Waals surface area contributed by atoms with Gasteiger partial charge in [0.05, 0.1) is 22.8 Å². The maximum absolute atomic E-state index is 12.8. The zero-order valence-corrected chi connectivity index (χ0v) is 16.6. The Bertz CT molecular complexity index is 1020. The molecule has 146 valence electrons. The van der Waals surface area contributed by atoms with E-state index in [9.17, 15) is 9.59 Å². The number of aromatic nitrogens is 4. The van der Waals surface area contributed by atoms with Gasteiger partial charge < -0.3 is 10.6 Å². The van der Waals surface area contributed by atoms with E-state index in [0.29, 0.717) is 11.5 Å². The first-order chi connectivity index (χ1) is 13.3. The SMILES string of the molecule is Cc1nn(C)c(C)c1NC(=O)c1cc(NC(=O)C(C)C)n(-c2ccccc2)n1. The Morgan fingerprint density at radius 1 is 1.04 bits per heavy atom. The van der Waals surface area contributed by atoms with Crippen LogP contribution in [0.1, 0.15) is 35.7 Å². The average molecular weight is 380 g/mol. The van der Waals surface area contributed by atoms with Crippen LogP contribution in [0.2, 0.25) is 0 Å². The third-order valence-electron chi connectivity index (χ3n) is 4.47. The van der Waals surface area contributed by atoms with Crippen molar-refractivity contribution >= 4 is 23.3 Å². The van der Waals surface area contributed by atoms with E-state index in [-0.39, 0.29) is 23.4 Å². The highest BCUT2D eigenvalue weighted by Crippen LogP contribution is 2.22. The normalized spacial score (nSPS) is 10.9. The van der Waals surface area contributed by atoms with Gasteiger partial charge in [-0.1, -0.05) is 32.0 Å². The van der Waals surface area contributed by atoms with Gasteiger partial charge in [0, 0.05) is 19.0 Å². The molecule has 1 aromatic carbocycles. The number of nitrogens with one attached hydrogen (secondary N) is 2. The number of aryl methyl sites for hydroxylation is 2. The van der Waals surface area contributed by atoms with Crippen LogP contribution >= 0.6 is 0 Å². The topological polar surface area (TPSA) is 93.8 Å². The van der Waals surface area contributed by atoms with Crippen LogP contribution in [0.5, 0.6) is 0 Å². The first kappa shape index (κ1) is 19.3. The summed E-state index contributed by atoms with van der Waals surface area (Å²) in [5, 5.41) is 14.4. The Balaban J connectivity index is 1.96. The second kappa shape index (κ2) is 7.67. The number of rotatable bonds is 5. The summed E-state index contributed by atoms with van der Waals surface area (Å²) < 4.78 is 3.26. The zero-order valence-electron chi connectivity index (χ0n) is 16.6. The number of hydrogen-bond donors (Lipinski definition) is 2. The second-order valence-electron chi connectivity index (χ2n) is 6.93. The molecule has 28 heavy (non-hydrogen) atoms. The van der Waals surface area contributed by atoms with Crippen molar-refractivity contribution in [3.63, 3.8) is 0 Å². The van der Waals surface area contributed by atoms with E-state index in [2.05, 4.69) is 20.8 Å². The molecule has 3 rings (SSSR count). The van der Waals surface area contributed by atoms with Gasteiger partial charge in [0.2, 0.25) is 5.91 Å². The van der Waals surface area contributed by atoms with Crippen molar-refractivity contribution in [3.05, 3.63) is 53.5 Å². The van der Waals surface area contributed by atoms with Gasteiger partial charge in [-0.25, -0.2) is 4.68 Å². The van der Waals surface area contributed by atoms with Gasteiger partial charge in [0.15, 0.2) is 5.69 Å². The van der Waals surface area contributed by atoms with Gasteiger partial charge in [-0.2, -0.15) is 10.2 Å². The summed E-state index contributed by atoms with van der Waals surface area (Å²) in [7, 11) is 1.82. The molecule has 0 bridgehead atoms. The van der Waals surface area contributed by atoms with Crippen molar-refractivity contribution in [1.82, 2.24) is 19.6 Å². The van der Waals surface area contributed by atoms with Crippen molar-refractivity contribution in [1.29, 1.82) is 0 Å². The number of amides is 2. The van der Waals surface area contributed by atoms with Crippen LogP contribution in [0.15, 0.2) is 36.4 Å². The summed E-state index contributed by atoms with van der Waals surface area (Å²) in [6.45, 7) is 7.33. The molecule has 0 saturated carbocycles. The predicted octanol–water partition coefficient (Wildman–Crippen LogP) is 3.07. The minimum absolute atomic E-state index is 0.150. The largest absolute Gasteiger partial charge is 0.317 e. The van der Waals surface area contributed by atoms with E-state index in [0.717, 1.165) is 17.1 Å². The van der Waals surface area contributed by atoms with Crippen molar-refractivity contribution < 1.29 is 9.59 Å². The number of benzene rings is 1. The van der Waals surface area contributed by atoms with Crippen molar-refractivity contribution in [2.45, 2.75) is 27.7 Å². The van der Waals surface area contributed by atoms with Crippen LogP contribution in [0.25, 0.3) is 5.69 Å². The molecule has 0 fully saturated rings. The monoisotopic (exact) mass is 380 g/mol. The molecule has 0 radical (unpaired) electrons. The summed E-state index contributed by atoms with van der Waals surface area (Å²) in [4.78, 5) is 25.0. The molecule has 2 N–H and O–H groups in total. The number of hydrogen-bond acceptors (Lipinski definition) is 4. The first-order valence-corrected chi connectivity index (χ1v) is 9.05. The molecule has 8 nitrogen and oxygen atoms in total. The molecular weight excluding hydrogens is 356 g/mol. The number of nitrogens with zero attached hydrogens (tertiary/aromatic N) is 4. The maximum Gasteiger partial charge on any atom is 0.276 e. The Morgan fingerprint density at radius 3 is 2.29 bits per heavy atom. The molecule has 3 aromatic rings. The molecule has 0 saturated heterocycles. The highest BCUT2D eigenvalue weighted by molar-refractivity contribution is 6.04. The average Bonchev–Trinajstić information content (AvgIpc) is 3.18. The smallest absolute Gasteiger partial charge is 0.276 e. The van der Waals surface area contributed by atoms with E-state index < -0.39 is 0 Å². The van der Waals surface area contributed by atoms with Crippen molar-refractivity contribution in [3.8, 4) is 5.69 Å². The number of carbonyl (C=O) groups excluding carboxylic acids is 2. The summed E-state index contributed by atoms with van der Waals surface area (Å²) in [6, 6.07) is 10.9. The van der Waals surface area contributed by atoms with E-state index in [1.165, 1.54) is 0 Å². The number of anilines is 2. The first-order valence-electron chi connectivity index (χ1n) is 9.05. The van der Waals surface area contributed by atoms with E-state index >= 15 is 0 Å². The lowest BCUT2D eigenvalue weighted by atomic mass is 10.2. The van der Waals surface area contributed by atoms with Gasteiger partial charge >= 0.3 is 0 Å². The van der Waals surface area contributed by atoms with E-state index in [4.69, 9.17) is 0 Å². The summed E-state index contributed by atoms with van der Waals surface area (Å²) >= 11 is 0. The van der Waals surface area contributed by atoms with Gasteiger partial charge in [-0.3, -0.25) is 14.3 Å². The van der Waals surface area contributed by atoms with Gasteiger partial charge in [-0.15, -0.1) is 0 Å². The molecule has 8 heteroatoms. The fourth-order valence-electron chi connectivity index (χ4n) is 2.75. The van der Waals surface area contributed by atoms with Gasteiger partial charge in [0.1, 0.15) is 5.82 Å². The summed E-state index contributed by atoms with van der Waals surface area (Å²) in [5.41, 5.74) is 3.18. The third-order valence-corrected chi connectivity index (χ3v) is 4.47. The van der Waals surface area contributed by atoms with Crippen LogP contribution in [0.3, 0.4) is 0 Å². The minimum atomic E-state index is -0.367. The molecule has 0 atom stereocenters. The zero-order chi connectivity index (χ0) is 20.4. The molecule has 2 heterocycles. The van der Waals surface area contributed by atoms with Gasteiger partial charge in [-0.05, 0) is 26.0 Å². The Hall–Kier alpha value is -3.42. The molecule has 0 unspecified atom stereocenters. The second-order valence-corrected chi connectivity index (χ2v) is 6.93. The minimum Gasteiger partial charge on any atom is -0.317 e. The van der Waals surface area contributed by atoms with Crippen LogP contribution in [0.4, 0.5) is 11.5 Å². The number of para-hydroxylation sites is 1. The quantitative estimate of drug-likeness (QED) is 0.711. The third kappa shape index (κ3) is 3.80. The lowest BCUT2D eigenvalue weighted by molar-refractivity contribution is -0.118. The Morgan fingerprint density at radius 2 is 1.71 bits per heavy atom. The lowest BCUT2D eigenvalue weighted by Crippen LogP contribution is -2.19. The fraction of sp³-hybridized carbons (Fsp3) is 0.300. The van der Waals surface area contributed by atoms with E-state index in [1.807, 2.05) is 51.2 Å². The van der Waals surface area contributed by atoms with Crippen LogP contribution in [-0.2, 0) is 11.8 Å². The van der Waals surface area contributed by atoms with E-state index in [1.54, 1.807) is 29.3 Å². The lowest BCUT2D eigenvalue weighted by Gasteiger charge is -2.10. The van der Waals surface area contributed by atoms with Crippen LogP contribution in [0, 0.1) is 19.8 Å². The Kier molecular flexibility index (Phi) is 5.30. The molecule has 2 aromatic heterocycles.